The summed E-state index contributed by atoms with van der Waals surface area (Å²) in [5.41, 5.74) is 0.602. The first-order valence-corrected chi connectivity index (χ1v) is 5.88. The number of hydrogen-bond donors (Lipinski definition) is 0. The summed E-state index contributed by atoms with van der Waals surface area (Å²) >= 11 is 0. The van der Waals surface area contributed by atoms with Crippen LogP contribution in [0.5, 0.6) is 11.5 Å². The van der Waals surface area contributed by atoms with Crippen LogP contribution in [0.2, 0.25) is 0 Å². The standard InChI is InChI=1S/C14H14O4/c1-3-17-11-7-8-12(18-4-2)14-10(16)6-5-9(15)13(11)14/h5-8H,3-4H2,1-2H3. The predicted molar refractivity (Wildman–Crippen MR) is 66.6 cm³/mol. The zero-order valence-electron chi connectivity index (χ0n) is 10.4. The molecule has 0 fully saturated rings. The maximum atomic E-state index is 11.9. The van der Waals surface area contributed by atoms with Gasteiger partial charge in [0.25, 0.3) is 0 Å². The van der Waals surface area contributed by atoms with E-state index in [1.165, 1.54) is 12.2 Å². The zero-order valence-corrected chi connectivity index (χ0v) is 10.4. The molecule has 4 heteroatoms. The van der Waals surface area contributed by atoms with Crippen LogP contribution in [0.25, 0.3) is 0 Å². The molecule has 0 saturated heterocycles. The van der Waals surface area contributed by atoms with Gasteiger partial charge in [0.1, 0.15) is 11.5 Å². The SMILES string of the molecule is CCOc1ccc(OCC)c2c1C(=O)C=CC2=O. The molecule has 0 bridgehead atoms. The van der Waals surface area contributed by atoms with Crippen molar-refractivity contribution in [2.45, 2.75) is 13.8 Å². The first-order chi connectivity index (χ1) is 8.69. The van der Waals surface area contributed by atoms with E-state index in [2.05, 4.69) is 0 Å². The van der Waals surface area contributed by atoms with E-state index in [9.17, 15) is 9.59 Å². The van der Waals surface area contributed by atoms with Gasteiger partial charge in [-0.15, -0.1) is 0 Å². The number of ketones is 2. The average Bonchev–Trinajstić information content (AvgIpc) is 2.36. The Hall–Kier alpha value is -2.10. The molecule has 0 unspecified atom stereocenters. The van der Waals surface area contributed by atoms with E-state index in [4.69, 9.17) is 9.47 Å². The second kappa shape index (κ2) is 5.04. The second-order valence-electron chi connectivity index (χ2n) is 3.74. The molecular weight excluding hydrogens is 232 g/mol. The van der Waals surface area contributed by atoms with Gasteiger partial charge >= 0.3 is 0 Å². The number of fused-ring (bicyclic) bond motifs is 1. The van der Waals surface area contributed by atoms with Gasteiger partial charge in [0, 0.05) is 0 Å². The van der Waals surface area contributed by atoms with Crippen molar-refractivity contribution in [1.29, 1.82) is 0 Å². The molecule has 2 rings (SSSR count). The fraction of sp³-hybridized carbons (Fsp3) is 0.286. The summed E-state index contributed by atoms with van der Waals surface area (Å²) < 4.78 is 10.8. The molecule has 0 aliphatic heterocycles. The van der Waals surface area contributed by atoms with E-state index in [1.54, 1.807) is 12.1 Å². The van der Waals surface area contributed by atoms with Crippen molar-refractivity contribution in [3.8, 4) is 11.5 Å². The highest BCUT2D eigenvalue weighted by atomic mass is 16.5. The lowest BCUT2D eigenvalue weighted by molar-refractivity contribution is 0.0987. The lowest BCUT2D eigenvalue weighted by Crippen LogP contribution is -2.15. The van der Waals surface area contributed by atoms with Crippen molar-refractivity contribution in [3.05, 3.63) is 35.4 Å². The molecule has 0 aromatic heterocycles. The van der Waals surface area contributed by atoms with Crippen molar-refractivity contribution in [2.75, 3.05) is 13.2 Å². The normalized spacial score (nSPS) is 13.4. The fourth-order valence-electron chi connectivity index (χ4n) is 1.92. The van der Waals surface area contributed by atoms with Gasteiger partial charge in [-0.25, -0.2) is 0 Å². The zero-order chi connectivity index (χ0) is 13.1. The number of ether oxygens (including phenoxy) is 2. The molecule has 0 amide bonds. The van der Waals surface area contributed by atoms with Crippen LogP contribution >= 0.6 is 0 Å². The minimum Gasteiger partial charge on any atom is -0.493 e. The van der Waals surface area contributed by atoms with Gasteiger partial charge in [0.05, 0.1) is 24.3 Å². The van der Waals surface area contributed by atoms with Crippen molar-refractivity contribution < 1.29 is 19.1 Å². The summed E-state index contributed by atoms with van der Waals surface area (Å²) in [5.74, 6) is 0.404. The van der Waals surface area contributed by atoms with E-state index < -0.39 is 0 Å². The lowest BCUT2D eigenvalue weighted by Gasteiger charge is -2.17. The summed E-state index contributed by atoms with van der Waals surface area (Å²) in [7, 11) is 0. The molecule has 0 radical (unpaired) electrons. The van der Waals surface area contributed by atoms with Crippen LogP contribution in [0.4, 0.5) is 0 Å². The number of benzene rings is 1. The molecule has 94 valence electrons. The molecule has 0 spiro atoms. The molecule has 18 heavy (non-hydrogen) atoms. The Balaban J connectivity index is 2.63. The van der Waals surface area contributed by atoms with Crippen LogP contribution < -0.4 is 9.47 Å². The Morgan fingerprint density at radius 3 is 1.56 bits per heavy atom. The predicted octanol–water partition coefficient (Wildman–Crippen LogP) is 2.42. The highest BCUT2D eigenvalue weighted by Gasteiger charge is 2.27. The van der Waals surface area contributed by atoms with Crippen molar-refractivity contribution >= 4 is 11.6 Å². The third-order valence-corrected chi connectivity index (χ3v) is 2.61. The second-order valence-corrected chi connectivity index (χ2v) is 3.74. The highest BCUT2D eigenvalue weighted by molar-refractivity contribution is 6.24. The molecule has 1 aromatic carbocycles. The lowest BCUT2D eigenvalue weighted by atomic mass is 9.93. The van der Waals surface area contributed by atoms with Crippen LogP contribution in [-0.4, -0.2) is 24.8 Å². The monoisotopic (exact) mass is 246 g/mol. The average molecular weight is 246 g/mol. The van der Waals surface area contributed by atoms with Crippen molar-refractivity contribution in [3.63, 3.8) is 0 Å². The summed E-state index contributed by atoms with van der Waals surface area (Å²) in [6, 6.07) is 3.33. The summed E-state index contributed by atoms with van der Waals surface area (Å²) in [4.78, 5) is 23.8. The number of allylic oxidation sites excluding steroid dienone is 2. The van der Waals surface area contributed by atoms with Gasteiger partial charge in [-0.05, 0) is 38.1 Å². The van der Waals surface area contributed by atoms with Crippen LogP contribution in [0.15, 0.2) is 24.3 Å². The van der Waals surface area contributed by atoms with Gasteiger partial charge in [-0.2, -0.15) is 0 Å². The van der Waals surface area contributed by atoms with Crippen LogP contribution in [0, 0.1) is 0 Å². The number of carbonyl (C=O) groups excluding carboxylic acids is 2. The Kier molecular flexibility index (Phi) is 3.46. The summed E-state index contributed by atoms with van der Waals surface area (Å²) in [6.45, 7) is 4.53. The van der Waals surface area contributed by atoms with E-state index in [0.717, 1.165) is 0 Å². The first kappa shape index (κ1) is 12.4. The Morgan fingerprint density at radius 1 is 0.833 bits per heavy atom. The van der Waals surface area contributed by atoms with Gasteiger partial charge in [-0.3, -0.25) is 9.59 Å². The summed E-state index contributed by atoms with van der Waals surface area (Å²) in [5, 5.41) is 0. The third-order valence-electron chi connectivity index (χ3n) is 2.61. The minimum atomic E-state index is -0.227. The quantitative estimate of drug-likeness (QED) is 0.818. The number of rotatable bonds is 4. The largest absolute Gasteiger partial charge is 0.493 e. The molecule has 1 aromatic rings. The topological polar surface area (TPSA) is 52.6 Å². The molecule has 0 saturated carbocycles. The van der Waals surface area contributed by atoms with Crippen molar-refractivity contribution in [2.24, 2.45) is 0 Å². The summed E-state index contributed by atoms with van der Waals surface area (Å²) in [6.07, 6.45) is 2.53. The van der Waals surface area contributed by atoms with Crippen LogP contribution in [0.3, 0.4) is 0 Å². The molecule has 0 heterocycles. The van der Waals surface area contributed by atoms with E-state index >= 15 is 0 Å². The number of carbonyl (C=O) groups is 2. The van der Waals surface area contributed by atoms with E-state index in [-0.39, 0.29) is 11.6 Å². The Labute approximate surface area is 105 Å². The molecular formula is C14H14O4. The van der Waals surface area contributed by atoms with Crippen LogP contribution in [0.1, 0.15) is 34.6 Å². The molecule has 0 N–H and O–H groups in total. The molecule has 0 atom stereocenters. The highest BCUT2D eigenvalue weighted by Crippen LogP contribution is 2.34. The third kappa shape index (κ3) is 2.01. The Bertz CT molecular complexity index is 482. The van der Waals surface area contributed by atoms with Gasteiger partial charge in [-0.1, -0.05) is 0 Å². The molecule has 1 aliphatic rings. The Morgan fingerprint density at radius 2 is 1.22 bits per heavy atom. The van der Waals surface area contributed by atoms with E-state index in [1.807, 2.05) is 13.8 Å². The van der Waals surface area contributed by atoms with Gasteiger partial charge < -0.3 is 9.47 Å². The smallest absolute Gasteiger partial charge is 0.190 e. The van der Waals surface area contributed by atoms with Crippen molar-refractivity contribution in [1.82, 2.24) is 0 Å². The van der Waals surface area contributed by atoms with E-state index in [0.29, 0.717) is 35.8 Å². The molecule has 4 nitrogen and oxygen atoms in total. The van der Waals surface area contributed by atoms with Gasteiger partial charge in [0.15, 0.2) is 11.6 Å². The fourth-order valence-corrected chi connectivity index (χ4v) is 1.92. The number of hydrogen-bond acceptors (Lipinski definition) is 4. The minimum absolute atomic E-state index is 0.227. The molecule has 1 aliphatic carbocycles. The van der Waals surface area contributed by atoms with Crippen LogP contribution in [-0.2, 0) is 0 Å². The first-order valence-electron chi connectivity index (χ1n) is 5.88. The maximum Gasteiger partial charge on any atom is 0.190 e. The maximum absolute atomic E-state index is 11.9. The van der Waals surface area contributed by atoms with Gasteiger partial charge in [0.2, 0.25) is 0 Å².